The number of hydrogen-bond donors (Lipinski definition) is 1. The summed E-state index contributed by atoms with van der Waals surface area (Å²) in [5.74, 6) is 0.252. The summed E-state index contributed by atoms with van der Waals surface area (Å²) in [6.07, 6.45) is 6.11. The Bertz CT molecular complexity index is 716. The van der Waals surface area contributed by atoms with E-state index in [2.05, 4.69) is 42.5 Å². The van der Waals surface area contributed by atoms with E-state index in [4.69, 9.17) is 10.5 Å². The second kappa shape index (κ2) is 8.05. The lowest BCUT2D eigenvalue weighted by atomic mass is 9.65. The maximum absolute atomic E-state index is 12.1. The van der Waals surface area contributed by atoms with Gasteiger partial charge in [-0.05, 0) is 42.0 Å². The molecule has 0 radical (unpaired) electrons. The minimum absolute atomic E-state index is 0.0605. The Morgan fingerprint density at radius 3 is 2.08 bits per heavy atom. The molecule has 1 unspecified atom stereocenters. The normalized spacial score (nSPS) is 17.7. The van der Waals surface area contributed by atoms with Gasteiger partial charge in [-0.15, -0.1) is 0 Å². The number of hydrogen-bond acceptors (Lipinski definition) is 3. The Morgan fingerprint density at radius 1 is 0.923 bits per heavy atom. The highest BCUT2D eigenvalue weighted by Gasteiger charge is 2.35. The van der Waals surface area contributed by atoms with E-state index in [0.29, 0.717) is 5.75 Å². The van der Waals surface area contributed by atoms with Crippen molar-refractivity contribution >= 4 is 5.97 Å². The summed E-state index contributed by atoms with van der Waals surface area (Å²) in [7, 11) is 0. The van der Waals surface area contributed by atoms with Crippen LogP contribution in [0.15, 0.2) is 54.6 Å². The van der Waals surface area contributed by atoms with Crippen LogP contribution in [-0.4, -0.2) is 12.0 Å². The van der Waals surface area contributed by atoms with Crippen molar-refractivity contribution in [2.45, 2.75) is 57.4 Å². The van der Waals surface area contributed by atoms with Crippen LogP contribution >= 0.6 is 0 Å². The Morgan fingerprint density at radius 2 is 1.50 bits per heavy atom. The van der Waals surface area contributed by atoms with Gasteiger partial charge in [0.15, 0.2) is 0 Å². The average molecular weight is 351 g/mol. The van der Waals surface area contributed by atoms with Gasteiger partial charge < -0.3 is 10.5 Å². The van der Waals surface area contributed by atoms with Gasteiger partial charge in [0.05, 0.1) is 0 Å². The third-order valence-corrected chi connectivity index (χ3v) is 5.65. The number of carbonyl (C=O) groups excluding carboxylic acids is 1. The second-order valence-corrected chi connectivity index (χ2v) is 7.72. The fraction of sp³-hybridized carbons (Fsp3) is 0.435. The summed E-state index contributed by atoms with van der Waals surface area (Å²) >= 11 is 0. The standard InChI is InChI=1S/C23H29NO2/c1-17(2)21(24)22(25)26-20-13-11-19(12-14-20)23(15-7-4-8-16-23)18-9-5-3-6-10-18/h3,5-6,9-14,17,21H,4,7-8,15-16,24H2,1-2H3. The highest BCUT2D eigenvalue weighted by molar-refractivity contribution is 5.78. The molecule has 1 fully saturated rings. The van der Waals surface area contributed by atoms with Crippen LogP contribution in [0.25, 0.3) is 0 Å². The summed E-state index contributed by atoms with van der Waals surface area (Å²) in [6, 6.07) is 18.2. The van der Waals surface area contributed by atoms with Gasteiger partial charge in [0.1, 0.15) is 11.8 Å². The van der Waals surface area contributed by atoms with Gasteiger partial charge in [-0.3, -0.25) is 0 Å². The van der Waals surface area contributed by atoms with E-state index in [-0.39, 0.29) is 17.3 Å². The molecule has 1 aliphatic carbocycles. The predicted octanol–water partition coefficient (Wildman–Crippen LogP) is 4.83. The molecule has 26 heavy (non-hydrogen) atoms. The van der Waals surface area contributed by atoms with E-state index in [1.807, 2.05) is 26.0 Å². The summed E-state index contributed by atoms with van der Waals surface area (Å²) < 4.78 is 5.45. The molecular formula is C23H29NO2. The number of rotatable bonds is 5. The van der Waals surface area contributed by atoms with Crippen LogP contribution in [0, 0.1) is 5.92 Å². The van der Waals surface area contributed by atoms with E-state index >= 15 is 0 Å². The van der Waals surface area contributed by atoms with Crippen LogP contribution in [0.1, 0.15) is 57.1 Å². The van der Waals surface area contributed by atoms with Crippen LogP contribution in [0.5, 0.6) is 5.75 Å². The highest BCUT2D eigenvalue weighted by atomic mass is 16.5. The molecule has 3 heteroatoms. The van der Waals surface area contributed by atoms with Gasteiger partial charge in [-0.1, -0.05) is 75.6 Å². The molecular weight excluding hydrogens is 322 g/mol. The molecule has 2 aromatic carbocycles. The van der Waals surface area contributed by atoms with Crippen molar-refractivity contribution < 1.29 is 9.53 Å². The van der Waals surface area contributed by atoms with Gasteiger partial charge in [0.25, 0.3) is 0 Å². The fourth-order valence-corrected chi connectivity index (χ4v) is 3.95. The topological polar surface area (TPSA) is 52.3 Å². The molecule has 0 aromatic heterocycles. The molecule has 1 aliphatic rings. The predicted molar refractivity (Wildman–Crippen MR) is 105 cm³/mol. The summed E-state index contributed by atoms with van der Waals surface area (Å²) in [5.41, 5.74) is 8.63. The molecule has 3 rings (SSSR count). The van der Waals surface area contributed by atoms with Crippen molar-refractivity contribution in [1.29, 1.82) is 0 Å². The highest BCUT2D eigenvalue weighted by Crippen LogP contribution is 2.45. The van der Waals surface area contributed by atoms with Crippen LogP contribution < -0.4 is 10.5 Å². The van der Waals surface area contributed by atoms with E-state index < -0.39 is 6.04 Å². The molecule has 0 bridgehead atoms. The van der Waals surface area contributed by atoms with Gasteiger partial charge in [0, 0.05) is 5.41 Å². The molecule has 0 saturated heterocycles. The third-order valence-electron chi connectivity index (χ3n) is 5.65. The SMILES string of the molecule is CC(C)C(N)C(=O)Oc1ccc(C2(c3ccccc3)CCCCC2)cc1. The van der Waals surface area contributed by atoms with Gasteiger partial charge in [-0.25, -0.2) is 4.79 Å². The largest absolute Gasteiger partial charge is 0.425 e. The van der Waals surface area contributed by atoms with E-state index in [1.165, 1.54) is 30.4 Å². The Hall–Kier alpha value is -2.13. The first kappa shape index (κ1) is 18.7. The van der Waals surface area contributed by atoms with Crippen molar-refractivity contribution in [2.24, 2.45) is 11.7 Å². The molecule has 1 atom stereocenters. The third kappa shape index (κ3) is 3.83. The van der Waals surface area contributed by atoms with Gasteiger partial charge >= 0.3 is 5.97 Å². The van der Waals surface area contributed by atoms with E-state index in [0.717, 1.165) is 12.8 Å². The molecule has 0 heterocycles. The van der Waals surface area contributed by atoms with Crippen molar-refractivity contribution in [3.8, 4) is 5.75 Å². The number of nitrogens with two attached hydrogens (primary N) is 1. The Kier molecular flexibility index (Phi) is 5.77. The first-order valence-electron chi connectivity index (χ1n) is 9.66. The molecule has 0 amide bonds. The van der Waals surface area contributed by atoms with Crippen LogP contribution in [0.4, 0.5) is 0 Å². The average Bonchev–Trinajstić information content (AvgIpc) is 2.69. The zero-order valence-corrected chi connectivity index (χ0v) is 15.8. The first-order chi connectivity index (χ1) is 12.5. The Balaban J connectivity index is 1.84. The summed E-state index contributed by atoms with van der Waals surface area (Å²) in [6.45, 7) is 3.84. The minimum atomic E-state index is -0.594. The van der Waals surface area contributed by atoms with Crippen molar-refractivity contribution in [1.82, 2.24) is 0 Å². The first-order valence-corrected chi connectivity index (χ1v) is 9.66. The zero-order chi connectivity index (χ0) is 18.6. The zero-order valence-electron chi connectivity index (χ0n) is 15.8. The number of carbonyl (C=O) groups is 1. The quantitative estimate of drug-likeness (QED) is 0.620. The van der Waals surface area contributed by atoms with Crippen LogP contribution in [0.3, 0.4) is 0 Å². The van der Waals surface area contributed by atoms with Crippen molar-refractivity contribution in [2.75, 3.05) is 0 Å². The molecule has 1 saturated carbocycles. The lowest BCUT2D eigenvalue weighted by molar-refractivity contribution is -0.136. The maximum Gasteiger partial charge on any atom is 0.328 e. The maximum atomic E-state index is 12.1. The van der Waals surface area contributed by atoms with Crippen LogP contribution in [-0.2, 0) is 10.2 Å². The molecule has 2 N–H and O–H groups in total. The second-order valence-electron chi connectivity index (χ2n) is 7.72. The molecule has 0 spiro atoms. The van der Waals surface area contributed by atoms with Crippen LogP contribution in [0.2, 0.25) is 0 Å². The molecule has 3 nitrogen and oxygen atoms in total. The summed E-state index contributed by atoms with van der Waals surface area (Å²) in [4.78, 5) is 12.1. The molecule has 2 aromatic rings. The van der Waals surface area contributed by atoms with Gasteiger partial charge in [0.2, 0.25) is 0 Å². The van der Waals surface area contributed by atoms with E-state index in [9.17, 15) is 4.79 Å². The van der Waals surface area contributed by atoms with Crippen molar-refractivity contribution in [3.63, 3.8) is 0 Å². The summed E-state index contributed by atoms with van der Waals surface area (Å²) in [5, 5.41) is 0. The molecule has 0 aliphatic heterocycles. The number of ether oxygens (including phenoxy) is 1. The van der Waals surface area contributed by atoms with E-state index in [1.54, 1.807) is 0 Å². The lowest BCUT2D eigenvalue weighted by Crippen LogP contribution is -2.38. The lowest BCUT2D eigenvalue weighted by Gasteiger charge is -2.38. The van der Waals surface area contributed by atoms with Crippen molar-refractivity contribution in [3.05, 3.63) is 65.7 Å². The smallest absolute Gasteiger partial charge is 0.328 e. The fourth-order valence-electron chi connectivity index (χ4n) is 3.95. The number of benzene rings is 2. The minimum Gasteiger partial charge on any atom is -0.425 e. The van der Waals surface area contributed by atoms with Gasteiger partial charge in [-0.2, -0.15) is 0 Å². The number of esters is 1. The monoisotopic (exact) mass is 351 g/mol. The Labute approximate surface area is 156 Å². The molecule has 138 valence electrons.